The third kappa shape index (κ3) is 2.78. The average Bonchev–Trinajstić information content (AvgIpc) is 3.25. The fourth-order valence-electron chi connectivity index (χ4n) is 2.39. The van der Waals surface area contributed by atoms with Crippen LogP contribution >= 0.6 is 27.5 Å². The molecule has 1 saturated carbocycles. The molecule has 0 spiro atoms. The Balaban J connectivity index is 1.85. The summed E-state index contributed by atoms with van der Waals surface area (Å²) in [5.41, 5.74) is 0.843. The smallest absolute Gasteiger partial charge is 0.235 e. The summed E-state index contributed by atoms with van der Waals surface area (Å²) in [6.07, 6.45) is 1.61. The molecule has 0 bridgehead atoms. The summed E-state index contributed by atoms with van der Waals surface area (Å²) in [7, 11) is 0. The van der Waals surface area contributed by atoms with Gasteiger partial charge in [-0.2, -0.15) is 0 Å². The number of phenolic OH excluding ortho intramolecular Hbond substituents is 1. The second kappa shape index (κ2) is 5.35. The van der Waals surface area contributed by atoms with E-state index in [-0.39, 0.29) is 11.7 Å². The molecule has 1 fully saturated rings. The van der Waals surface area contributed by atoms with Crippen molar-refractivity contribution >= 4 is 39.1 Å². The molecule has 108 valence electrons. The van der Waals surface area contributed by atoms with Crippen LogP contribution in [-0.2, 0) is 10.2 Å². The summed E-state index contributed by atoms with van der Waals surface area (Å²) in [5, 5.41) is 13.0. The first kappa shape index (κ1) is 14.4. The lowest BCUT2D eigenvalue weighted by Crippen LogP contribution is -2.27. The number of hydrogen-bond donors (Lipinski definition) is 2. The fraction of sp³-hybridized carbons (Fsp3) is 0.188. The standard InChI is InChI=1S/C16H13BrClNO2/c17-11-3-1-10(2-4-11)16(7-8-16)15(21)19-13-9-12(18)5-6-14(13)20/h1-6,9,20H,7-8H2,(H,19,21). The van der Waals surface area contributed by atoms with E-state index in [4.69, 9.17) is 11.6 Å². The van der Waals surface area contributed by atoms with Crippen LogP contribution in [0.2, 0.25) is 5.02 Å². The molecule has 2 aromatic carbocycles. The normalized spacial score (nSPS) is 15.5. The van der Waals surface area contributed by atoms with Crippen molar-refractivity contribution in [2.45, 2.75) is 18.3 Å². The zero-order chi connectivity index (χ0) is 15.0. The van der Waals surface area contributed by atoms with Gasteiger partial charge in [-0.3, -0.25) is 4.79 Å². The van der Waals surface area contributed by atoms with Gasteiger partial charge >= 0.3 is 0 Å². The summed E-state index contributed by atoms with van der Waals surface area (Å²) in [4.78, 5) is 12.6. The van der Waals surface area contributed by atoms with Crippen molar-refractivity contribution in [3.8, 4) is 5.75 Å². The molecule has 0 heterocycles. The molecule has 0 radical (unpaired) electrons. The molecule has 3 rings (SSSR count). The van der Waals surface area contributed by atoms with Gasteiger partial charge in [0.15, 0.2) is 0 Å². The Kier molecular flexibility index (Phi) is 3.68. The van der Waals surface area contributed by atoms with Gasteiger partial charge in [0.05, 0.1) is 11.1 Å². The number of carbonyl (C=O) groups excluding carboxylic acids is 1. The van der Waals surface area contributed by atoms with E-state index >= 15 is 0 Å². The monoisotopic (exact) mass is 365 g/mol. The van der Waals surface area contributed by atoms with Crippen molar-refractivity contribution in [2.24, 2.45) is 0 Å². The minimum Gasteiger partial charge on any atom is -0.506 e. The molecule has 0 aliphatic heterocycles. The predicted molar refractivity (Wildman–Crippen MR) is 86.8 cm³/mol. The quantitative estimate of drug-likeness (QED) is 0.787. The molecule has 21 heavy (non-hydrogen) atoms. The maximum absolute atomic E-state index is 12.6. The first-order valence-electron chi connectivity index (χ1n) is 6.57. The number of aromatic hydroxyl groups is 1. The van der Waals surface area contributed by atoms with Crippen LogP contribution in [0.3, 0.4) is 0 Å². The number of phenols is 1. The maximum Gasteiger partial charge on any atom is 0.235 e. The number of anilines is 1. The van der Waals surface area contributed by atoms with Gasteiger partial charge in [-0.15, -0.1) is 0 Å². The number of rotatable bonds is 3. The van der Waals surface area contributed by atoms with Gasteiger partial charge in [-0.25, -0.2) is 0 Å². The molecule has 0 saturated heterocycles. The van der Waals surface area contributed by atoms with Crippen molar-refractivity contribution in [1.29, 1.82) is 0 Å². The van der Waals surface area contributed by atoms with E-state index in [9.17, 15) is 9.90 Å². The van der Waals surface area contributed by atoms with Gasteiger partial charge in [-0.1, -0.05) is 39.7 Å². The van der Waals surface area contributed by atoms with E-state index in [0.717, 1.165) is 22.9 Å². The second-order valence-electron chi connectivity index (χ2n) is 5.20. The number of carbonyl (C=O) groups is 1. The number of amides is 1. The highest BCUT2D eigenvalue weighted by Gasteiger charge is 2.51. The Hall–Kier alpha value is -1.52. The van der Waals surface area contributed by atoms with E-state index in [2.05, 4.69) is 21.2 Å². The van der Waals surface area contributed by atoms with Crippen LogP contribution in [0.25, 0.3) is 0 Å². The molecule has 5 heteroatoms. The van der Waals surface area contributed by atoms with Crippen LogP contribution in [0.15, 0.2) is 46.9 Å². The first-order valence-corrected chi connectivity index (χ1v) is 7.74. The van der Waals surface area contributed by atoms with Crippen LogP contribution in [0.1, 0.15) is 18.4 Å². The van der Waals surface area contributed by atoms with Gasteiger partial charge in [0.1, 0.15) is 5.75 Å². The molecule has 1 amide bonds. The number of halogens is 2. The number of benzene rings is 2. The topological polar surface area (TPSA) is 49.3 Å². The lowest BCUT2D eigenvalue weighted by molar-refractivity contribution is -0.118. The SMILES string of the molecule is O=C(Nc1cc(Cl)ccc1O)C1(c2ccc(Br)cc2)CC1. The summed E-state index contributed by atoms with van der Waals surface area (Å²) < 4.78 is 0.981. The molecular weight excluding hydrogens is 354 g/mol. The van der Waals surface area contributed by atoms with Gasteiger partial charge < -0.3 is 10.4 Å². The van der Waals surface area contributed by atoms with Crippen molar-refractivity contribution in [1.82, 2.24) is 0 Å². The minimum absolute atomic E-state index is 0.0133. The average molecular weight is 367 g/mol. The highest BCUT2D eigenvalue weighted by atomic mass is 79.9. The van der Waals surface area contributed by atoms with Crippen molar-refractivity contribution in [3.05, 3.63) is 57.5 Å². The Labute approximate surface area is 136 Å². The molecule has 0 aromatic heterocycles. The highest BCUT2D eigenvalue weighted by Crippen LogP contribution is 2.49. The molecule has 3 nitrogen and oxygen atoms in total. The molecule has 2 N–H and O–H groups in total. The summed E-state index contributed by atoms with van der Waals surface area (Å²) in [5.74, 6) is -0.0956. The van der Waals surface area contributed by atoms with E-state index in [1.807, 2.05) is 24.3 Å². The molecule has 0 unspecified atom stereocenters. The fourth-order valence-corrected chi connectivity index (χ4v) is 2.83. The lowest BCUT2D eigenvalue weighted by atomic mass is 9.95. The molecule has 1 aliphatic carbocycles. The second-order valence-corrected chi connectivity index (χ2v) is 6.56. The molecule has 2 aromatic rings. The van der Waals surface area contributed by atoms with Gasteiger partial charge in [0.2, 0.25) is 5.91 Å². The Morgan fingerprint density at radius 1 is 1.19 bits per heavy atom. The van der Waals surface area contributed by atoms with E-state index in [1.165, 1.54) is 6.07 Å². The summed E-state index contributed by atoms with van der Waals surface area (Å²) in [6.45, 7) is 0. The van der Waals surface area contributed by atoms with Gasteiger partial charge in [0.25, 0.3) is 0 Å². The predicted octanol–water partition coefficient (Wildman–Crippen LogP) is 4.48. The van der Waals surface area contributed by atoms with Gasteiger partial charge in [0, 0.05) is 9.50 Å². The van der Waals surface area contributed by atoms with Crippen molar-refractivity contribution in [3.63, 3.8) is 0 Å². The molecule has 1 aliphatic rings. The van der Waals surface area contributed by atoms with Crippen LogP contribution in [0, 0.1) is 0 Å². The third-order valence-corrected chi connectivity index (χ3v) is 4.55. The van der Waals surface area contributed by atoms with E-state index < -0.39 is 5.41 Å². The largest absolute Gasteiger partial charge is 0.506 e. The Bertz CT molecular complexity index is 696. The Morgan fingerprint density at radius 2 is 1.86 bits per heavy atom. The highest BCUT2D eigenvalue weighted by molar-refractivity contribution is 9.10. The van der Waals surface area contributed by atoms with Crippen molar-refractivity contribution in [2.75, 3.05) is 5.32 Å². The Morgan fingerprint density at radius 3 is 2.48 bits per heavy atom. The van der Waals surface area contributed by atoms with E-state index in [0.29, 0.717) is 10.7 Å². The van der Waals surface area contributed by atoms with E-state index in [1.54, 1.807) is 12.1 Å². The van der Waals surface area contributed by atoms with Crippen LogP contribution < -0.4 is 5.32 Å². The van der Waals surface area contributed by atoms with Crippen LogP contribution in [0.5, 0.6) is 5.75 Å². The minimum atomic E-state index is -0.491. The third-order valence-electron chi connectivity index (χ3n) is 3.79. The summed E-state index contributed by atoms with van der Waals surface area (Å²) >= 11 is 9.29. The summed E-state index contributed by atoms with van der Waals surface area (Å²) in [6, 6.07) is 12.4. The zero-order valence-corrected chi connectivity index (χ0v) is 13.4. The first-order chi connectivity index (χ1) is 10.0. The van der Waals surface area contributed by atoms with Crippen LogP contribution in [0.4, 0.5) is 5.69 Å². The zero-order valence-electron chi connectivity index (χ0n) is 11.1. The van der Waals surface area contributed by atoms with Gasteiger partial charge in [-0.05, 0) is 48.7 Å². The molecular formula is C16H13BrClNO2. The number of hydrogen-bond acceptors (Lipinski definition) is 2. The lowest BCUT2D eigenvalue weighted by Gasteiger charge is -2.16. The maximum atomic E-state index is 12.6. The number of nitrogens with one attached hydrogen (secondary N) is 1. The van der Waals surface area contributed by atoms with Crippen LogP contribution in [-0.4, -0.2) is 11.0 Å². The molecule has 0 atom stereocenters. The van der Waals surface area contributed by atoms with Crippen molar-refractivity contribution < 1.29 is 9.90 Å².